The molecule has 1 amide bonds. The van der Waals surface area contributed by atoms with E-state index in [9.17, 15) is 4.79 Å². The van der Waals surface area contributed by atoms with Crippen molar-refractivity contribution in [1.82, 2.24) is 10.6 Å². The number of hydrogen-bond donors (Lipinski definition) is 2. The second-order valence-corrected chi connectivity index (χ2v) is 5.54. The average molecular weight is 260 g/mol. The number of thiophene rings is 1. The van der Waals surface area contributed by atoms with Gasteiger partial charge in [-0.15, -0.1) is 11.3 Å². The standard InChI is InChI=1S/C14H16N2OS/c17-14(12-5-3-7-15-12)16-8-10-9-18-13-6-2-1-4-11(10)13/h1-2,4,6,9,12,15H,3,5,7-8H2,(H,16,17). The summed E-state index contributed by atoms with van der Waals surface area (Å²) in [6.07, 6.45) is 2.05. The minimum absolute atomic E-state index is 0.00917. The monoisotopic (exact) mass is 260 g/mol. The van der Waals surface area contributed by atoms with E-state index in [-0.39, 0.29) is 11.9 Å². The Hall–Kier alpha value is -1.39. The first-order chi connectivity index (χ1) is 8.84. The molecule has 2 aromatic rings. The normalized spacial score (nSPS) is 19.2. The number of carbonyl (C=O) groups excluding carboxylic acids is 1. The Morgan fingerprint density at radius 1 is 1.44 bits per heavy atom. The van der Waals surface area contributed by atoms with Crippen LogP contribution in [0.25, 0.3) is 10.1 Å². The average Bonchev–Trinajstić information content (AvgIpc) is 3.06. The highest BCUT2D eigenvalue weighted by Gasteiger charge is 2.21. The molecule has 2 heterocycles. The van der Waals surface area contributed by atoms with Crippen molar-refractivity contribution in [3.8, 4) is 0 Å². The highest BCUT2D eigenvalue weighted by Crippen LogP contribution is 2.25. The second-order valence-electron chi connectivity index (χ2n) is 4.62. The summed E-state index contributed by atoms with van der Waals surface area (Å²) in [5, 5.41) is 9.62. The van der Waals surface area contributed by atoms with Crippen molar-refractivity contribution in [3.63, 3.8) is 0 Å². The number of fused-ring (bicyclic) bond motifs is 1. The lowest BCUT2D eigenvalue weighted by Gasteiger charge is -2.10. The Labute approximate surface area is 110 Å². The lowest BCUT2D eigenvalue weighted by Crippen LogP contribution is -2.39. The van der Waals surface area contributed by atoms with Gasteiger partial charge in [0.2, 0.25) is 5.91 Å². The van der Waals surface area contributed by atoms with E-state index in [1.807, 2.05) is 12.1 Å². The summed E-state index contributed by atoms with van der Waals surface area (Å²) < 4.78 is 1.28. The first-order valence-corrected chi connectivity index (χ1v) is 7.19. The summed E-state index contributed by atoms with van der Waals surface area (Å²) in [6.45, 7) is 1.58. The SMILES string of the molecule is O=C(NCc1csc2ccccc12)C1CCCN1. The van der Waals surface area contributed by atoms with Gasteiger partial charge in [-0.1, -0.05) is 18.2 Å². The van der Waals surface area contributed by atoms with Gasteiger partial charge in [0.1, 0.15) is 0 Å². The summed E-state index contributed by atoms with van der Waals surface area (Å²) in [7, 11) is 0. The van der Waals surface area contributed by atoms with Gasteiger partial charge in [0.05, 0.1) is 6.04 Å². The van der Waals surface area contributed by atoms with Gasteiger partial charge in [-0.3, -0.25) is 4.79 Å². The molecule has 1 aromatic carbocycles. The van der Waals surface area contributed by atoms with Crippen LogP contribution in [0.15, 0.2) is 29.6 Å². The molecule has 0 spiro atoms. The largest absolute Gasteiger partial charge is 0.351 e. The molecule has 1 aromatic heterocycles. The number of amides is 1. The zero-order chi connectivity index (χ0) is 12.4. The zero-order valence-electron chi connectivity index (χ0n) is 10.1. The van der Waals surface area contributed by atoms with Gasteiger partial charge >= 0.3 is 0 Å². The molecule has 1 aliphatic heterocycles. The smallest absolute Gasteiger partial charge is 0.237 e. The molecule has 1 unspecified atom stereocenters. The summed E-state index contributed by atoms with van der Waals surface area (Å²) in [5.41, 5.74) is 1.21. The summed E-state index contributed by atoms with van der Waals surface area (Å²) >= 11 is 1.73. The van der Waals surface area contributed by atoms with Crippen LogP contribution in [0.5, 0.6) is 0 Å². The van der Waals surface area contributed by atoms with Crippen LogP contribution in [-0.2, 0) is 11.3 Å². The molecule has 94 valence electrons. The topological polar surface area (TPSA) is 41.1 Å². The lowest BCUT2D eigenvalue weighted by molar-refractivity contribution is -0.122. The van der Waals surface area contributed by atoms with E-state index in [0.717, 1.165) is 19.4 Å². The number of rotatable bonds is 3. The third kappa shape index (κ3) is 2.26. The number of carbonyl (C=O) groups is 1. The second kappa shape index (κ2) is 5.08. The first-order valence-electron chi connectivity index (χ1n) is 6.31. The van der Waals surface area contributed by atoms with Crippen LogP contribution in [0.1, 0.15) is 18.4 Å². The molecule has 0 bridgehead atoms. The van der Waals surface area contributed by atoms with Crippen molar-refractivity contribution < 1.29 is 4.79 Å². The van der Waals surface area contributed by atoms with Crippen molar-refractivity contribution in [1.29, 1.82) is 0 Å². The first kappa shape index (κ1) is 11.7. The van der Waals surface area contributed by atoms with Gasteiger partial charge in [-0.25, -0.2) is 0 Å². The molecule has 0 radical (unpaired) electrons. The third-order valence-electron chi connectivity index (χ3n) is 3.39. The van der Waals surface area contributed by atoms with Crippen LogP contribution < -0.4 is 10.6 Å². The van der Waals surface area contributed by atoms with Crippen molar-refractivity contribution in [2.75, 3.05) is 6.54 Å². The molecule has 1 fully saturated rings. The Morgan fingerprint density at radius 2 is 2.33 bits per heavy atom. The molecule has 0 aliphatic carbocycles. The zero-order valence-corrected chi connectivity index (χ0v) is 10.9. The quantitative estimate of drug-likeness (QED) is 0.889. The van der Waals surface area contributed by atoms with Gasteiger partial charge in [0.25, 0.3) is 0 Å². The van der Waals surface area contributed by atoms with Crippen molar-refractivity contribution >= 4 is 27.3 Å². The van der Waals surface area contributed by atoms with Crippen LogP contribution in [0.3, 0.4) is 0 Å². The van der Waals surface area contributed by atoms with Crippen LogP contribution >= 0.6 is 11.3 Å². The van der Waals surface area contributed by atoms with Crippen molar-refractivity contribution in [3.05, 3.63) is 35.2 Å². The van der Waals surface area contributed by atoms with E-state index in [0.29, 0.717) is 6.54 Å². The predicted molar refractivity (Wildman–Crippen MR) is 74.7 cm³/mol. The molecule has 0 saturated carbocycles. The van der Waals surface area contributed by atoms with Crippen molar-refractivity contribution in [2.24, 2.45) is 0 Å². The van der Waals surface area contributed by atoms with Crippen LogP contribution in [0.4, 0.5) is 0 Å². The minimum atomic E-state index is 0.00917. The van der Waals surface area contributed by atoms with E-state index in [1.54, 1.807) is 11.3 Å². The fourth-order valence-corrected chi connectivity index (χ4v) is 3.35. The maximum atomic E-state index is 11.9. The summed E-state index contributed by atoms with van der Waals surface area (Å²) in [6, 6.07) is 8.32. The van der Waals surface area contributed by atoms with Gasteiger partial charge < -0.3 is 10.6 Å². The molecule has 4 heteroatoms. The minimum Gasteiger partial charge on any atom is -0.351 e. The molecule has 1 atom stereocenters. The predicted octanol–water partition coefficient (Wildman–Crippen LogP) is 2.27. The van der Waals surface area contributed by atoms with Gasteiger partial charge in [-0.2, -0.15) is 0 Å². The summed E-state index contributed by atoms with van der Waals surface area (Å²) in [5.74, 6) is 0.128. The van der Waals surface area contributed by atoms with Crippen LogP contribution in [0, 0.1) is 0 Å². The molecule has 3 rings (SSSR count). The Morgan fingerprint density at radius 3 is 3.17 bits per heavy atom. The third-order valence-corrected chi connectivity index (χ3v) is 4.40. The molecular formula is C14H16N2OS. The maximum Gasteiger partial charge on any atom is 0.237 e. The fraction of sp³-hybridized carbons (Fsp3) is 0.357. The van der Waals surface area contributed by atoms with Crippen LogP contribution in [0.2, 0.25) is 0 Å². The molecule has 2 N–H and O–H groups in total. The highest BCUT2D eigenvalue weighted by molar-refractivity contribution is 7.17. The number of nitrogens with one attached hydrogen (secondary N) is 2. The van der Waals surface area contributed by atoms with Crippen molar-refractivity contribution in [2.45, 2.75) is 25.4 Å². The molecule has 18 heavy (non-hydrogen) atoms. The summed E-state index contributed by atoms with van der Waals surface area (Å²) in [4.78, 5) is 11.9. The van der Waals surface area contributed by atoms with Gasteiger partial charge in [0, 0.05) is 11.2 Å². The molecular weight excluding hydrogens is 244 g/mol. The van der Waals surface area contributed by atoms with E-state index < -0.39 is 0 Å². The highest BCUT2D eigenvalue weighted by atomic mass is 32.1. The van der Waals surface area contributed by atoms with E-state index in [2.05, 4.69) is 28.1 Å². The van der Waals surface area contributed by atoms with Gasteiger partial charge in [0.15, 0.2) is 0 Å². The number of benzene rings is 1. The molecule has 3 nitrogen and oxygen atoms in total. The number of hydrogen-bond acceptors (Lipinski definition) is 3. The van der Waals surface area contributed by atoms with E-state index in [1.165, 1.54) is 15.6 Å². The van der Waals surface area contributed by atoms with Gasteiger partial charge in [-0.05, 0) is 41.8 Å². The Kier molecular flexibility index (Phi) is 3.30. The lowest BCUT2D eigenvalue weighted by atomic mass is 10.1. The Bertz CT molecular complexity index is 558. The molecule has 1 saturated heterocycles. The Balaban J connectivity index is 1.67. The fourth-order valence-electron chi connectivity index (χ4n) is 2.38. The van der Waals surface area contributed by atoms with Crippen LogP contribution in [-0.4, -0.2) is 18.5 Å². The van der Waals surface area contributed by atoms with E-state index in [4.69, 9.17) is 0 Å². The maximum absolute atomic E-state index is 11.9. The molecule has 1 aliphatic rings. The van der Waals surface area contributed by atoms with E-state index >= 15 is 0 Å².